The number of nitro groups is 1. The number of carbonyl (C=O) groups is 1. The summed E-state index contributed by atoms with van der Waals surface area (Å²) in [6.07, 6.45) is 2.95. The Morgan fingerprint density at radius 2 is 1.96 bits per heavy atom. The molecule has 0 aliphatic carbocycles. The topological polar surface area (TPSA) is 78.7 Å². The molecule has 0 amide bonds. The molecule has 0 radical (unpaired) electrons. The highest BCUT2D eigenvalue weighted by Crippen LogP contribution is 2.14. The lowest BCUT2D eigenvalue weighted by Crippen LogP contribution is -2.00. The molecule has 0 unspecified atom stereocenters. The van der Waals surface area contributed by atoms with Crippen molar-refractivity contribution in [2.75, 3.05) is 7.11 Å². The second kappa shape index (κ2) is 7.74. The number of nitrogens with zero attached hydrogens (tertiary/aromatic N) is 1. The summed E-state index contributed by atoms with van der Waals surface area (Å²) >= 11 is 0. The largest absolute Gasteiger partial charge is 0.497 e. The van der Waals surface area contributed by atoms with Gasteiger partial charge in [0.1, 0.15) is 12.4 Å². The SMILES string of the molecule is COc1cccc(/C=C/C(=O)OCc2ccc([N+](=O)[O-])cc2)c1. The van der Waals surface area contributed by atoms with Gasteiger partial charge >= 0.3 is 5.97 Å². The third-order valence-corrected chi connectivity index (χ3v) is 3.03. The van der Waals surface area contributed by atoms with Gasteiger partial charge in [0, 0.05) is 18.2 Å². The minimum absolute atomic E-state index is 0.00185. The quantitative estimate of drug-likeness (QED) is 0.353. The van der Waals surface area contributed by atoms with E-state index in [1.165, 1.54) is 18.2 Å². The second-order valence-corrected chi connectivity index (χ2v) is 4.64. The molecule has 0 saturated heterocycles. The normalized spacial score (nSPS) is 10.5. The average Bonchev–Trinajstić information content (AvgIpc) is 2.58. The van der Waals surface area contributed by atoms with Gasteiger partial charge < -0.3 is 9.47 Å². The zero-order valence-corrected chi connectivity index (χ0v) is 12.5. The van der Waals surface area contributed by atoms with Crippen molar-refractivity contribution in [3.05, 3.63) is 75.8 Å². The zero-order chi connectivity index (χ0) is 16.7. The monoisotopic (exact) mass is 313 g/mol. The number of methoxy groups -OCH3 is 1. The van der Waals surface area contributed by atoms with E-state index in [1.807, 2.05) is 18.2 Å². The molecule has 2 aromatic rings. The lowest BCUT2D eigenvalue weighted by molar-refractivity contribution is -0.384. The molecule has 23 heavy (non-hydrogen) atoms. The Labute approximate surface area is 133 Å². The van der Waals surface area contributed by atoms with Gasteiger partial charge in [-0.2, -0.15) is 0 Å². The highest BCUT2D eigenvalue weighted by atomic mass is 16.6. The Morgan fingerprint density at radius 1 is 1.22 bits per heavy atom. The Bertz CT molecular complexity index is 722. The van der Waals surface area contributed by atoms with Crippen LogP contribution in [0.4, 0.5) is 5.69 Å². The number of carbonyl (C=O) groups excluding carboxylic acids is 1. The summed E-state index contributed by atoms with van der Waals surface area (Å²) in [4.78, 5) is 21.7. The van der Waals surface area contributed by atoms with Gasteiger partial charge in [0.25, 0.3) is 5.69 Å². The van der Waals surface area contributed by atoms with E-state index in [0.29, 0.717) is 11.3 Å². The van der Waals surface area contributed by atoms with Crippen molar-refractivity contribution in [3.8, 4) is 5.75 Å². The Balaban J connectivity index is 1.89. The number of nitro benzene ring substituents is 1. The van der Waals surface area contributed by atoms with E-state index in [9.17, 15) is 14.9 Å². The first-order valence-corrected chi connectivity index (χ1v) is 6.81. The van der Waals surface area contributed by atoms with Crippen LogP contribution in [0, 0.1) is 10.1 Å². The third-order valence-electron chi connectivity index (χ3n) is 3.03. The maximum Gasteiger partial charge on any atom is 0.331 e. The number of hydrogen-bond acceptors (Lipinski definition) is 5. The highest BCUT2D eigenvalue weighted by Gasteiger charge is 2.05. The van der Waals surface area contributed by atoms with Crippen LogP contribution < -0.4 is 4.74 Å². The van der Waals surface area contributed by atoms with Crippen LogP contribution >= 0.6 is 0 Å². The van der Waals surface area contributed by atoms with Crippen molar-refractivity contribution in [3.63, 3.8) is 0 Å². The van der Waals surface area contributed by atoms with Crippen LogP contribution in [0.5, 0.6) is 5.75 Å². The number of benzene rings is 2. The number of non-ortho nitro benzene ring substituents is 1. The summed E-state index contributed by atoms with van der Waals surface area (Å²) < 4.78 is 10.2. The molecule has 6 heteroatoms. The standard InChI is InChI=1S/C17H15NO5/c1-22-16-4-2-3-13(11-16)7-10-17(19)23-12-14-5-8-15(9-6-14)18(20)21/h2-11H,12H2,1H3/b10-7+. The summed E-state index contributed by atoms with van der Waals surface area (Å²) in [7, 11) is 1.57. The van der Waals surface area contributed by atoms with Crippen molar-refractivity contribution in [1.82, 2.24) is 0 Å². The highest BCUT2D eigenvalue weighted by molar-refractivity contribution is 5.87. The van der Waals surface area contributed by atoms with Crippen molar-refractivity contribution in [2.45, 2.75) is 6.61 Å². The van der Waals surface area contributed by atoms with Crippen LogP contribution in [0.25, 0.3) is 6.08 Å². The predicted molar refractivity (Wildman–Crippen MR) is 84.9 cm³/mol. The van der Waals surface area contributed by atoms with Gasteiger partial charge in [-0.05, 0) is 41.5 Å². The molecular weight excluding hydrogens is 298 g/mol. The van der Waals surface area contributed by atoms with E-state index in [0.717, 1.165) is 5.56 Å². The van der Waals surface area contributed by atoms with E-state index in [1.54, 1.807) is 31.4 Å². The first-order valence-electron chi connectivity index (χ1n) is 6.81. The minimum Gasteiger partial charge on any atom is -0.497 e. The molecule has 0 spiro atoms. The molecule has 0 N–H and O–H groups in total. The van der Waals surface area contributed by atoms with Gasteiger partial charge in [-0.1, -0.05) is 12.1 Å². The van der Waals surface area contributed by atoms with E-state index in [2.05, 4.69) is 0 Å². The number of esters is 1. The van der Waals surface area contributed by atoms with Gasteiger partial charge in [-0.15, -0.1) is 0 Å². The van der Waals surface area contributed by atoms with E-state index in [-0.39, 0.29) is 12.3 Å². The van der Waals surface area contributed by atoms with Gasteiger partial charge in [0.15, 0.2) is 0 Å². The van der Waals surface area contributed by atoms with E-state index < -0.39 is 10.9 Å². The lowest BCUT2D eigenvalue weighted by Gasteiger charge is -2.02. The van der Waals surface area contributed by atoms with Crippen LogP contribution in [-0.4, -0.2) is 18.0 Å². The lowest BCUT2D eigenvalue weighted by atomic mass is 10.2. The fraction of sp³-hybridized carbons (Fsp3) is 0.118. The number of ether oxygens (including phenoxy) is 2. The first kappa shape index (κ1) is 16.2. The fourth-order valence-electron chi connectivity index (χ4n) is 1.83. The molecule has 0 aliphatic heterocycles. The van der Waals surface area contributed by atoms with Crippen LogP contribution in [0.3, 0.4) is 0 Å². The predicted octanol–water partition coefficient (Wildman–Crippen LogP) is 3.36. The number of rotatable bonds is 6. The van der Waals surface area contributed by atoms with Gasteiger partial charge in [0.05, 0.1) is 12.0 Å². The van der Waals surface area contributed by atoms with Crippen molar-refractivity contribution < 1.29 is 19.2 Å². The molecule has 0 saturated carbocycles. The molecule has 0 fully saturated rings. The molecule has 0 heterocycles. The third kappa shape index (κ3) is 4.96. The molecule has 6 nitrogen and oxygen atoms in total. The van der Waals surface area contributed by atoms with Crippen molar-refractivity contribution in [1.29, 1.82) is 0 Å². The Kier molecular flexibility index (Phi) is 5.46. The summed E-state index contributed by atoms with van der Waals surface area (Å²) in [6, 6.07) is 13.1. The molecule has 0 bridgehead atoms. The smallest absolute Gasteiger partial charge is 0.331 e. The maximum absolute atomic E-state index is 11.7. The van der Waals surface area contributed by atoms with Crippen molar-refractivity contribution >= 4 is 17.7 Å². The molecule has 0 aromatic heterocycles. The van der Waals surface area contributed by atoms with Gasteiger partial charge in [-0.3, -0.25) is 10.1 Å². The fourth-order valence-corrected chi connectivity index (χ4v) is 1.83. The van der Waals surface area contributed by atoms with Crippen LogP contribution in [-0.2, 0) is 16.1 Å². The van der Waals surface area contributed by atoms with Gasteiger partial charge in [0.2, 0.25) is 0 Å². The maximum atomic E-state index is 11.7. The first-order chi connectivity index (χ1) is 11.1. The second-order valence-electron chi connectivity index (χ2n) is 4.64. The molecule has 118 valence electrons. The summed E-state index contributed by atoms with van der Waals surface area (Å²) in [5.74, 6) is 0.206. The Hall–Kier alpha value is -3.15. The molecule has 2 aromatic carbocycles. The molecular formula is C17H15NO5. The average molecular weight is 313 g/mol. The van der Waals surface area contributed by atoms with Crippen LogP contribution in [0.2, 0.25) is 0 Å². The molecule has 2 rings (SSSR count). The summed E-state index contributed by atoms with van der Waals surface area (Å²) in [6.45, 7) is 0.0548. The minimum atomic E-state index is -0.494. The molecule has 0 atom stereocenters. The van der Waals surface area contributed by atoms with E-state index >= 15 is 0 Å². The van der Waals surface area contributed by atoms with Gasteiger partial charge in [-0.25, -0.2) is 4.79 Å². The number of hydrogen-bond donors (Lipinski definition) is 0. The van der Waals surface area contributed by atoms with Crippen LogP contribution in [0.15, 0.2) is 54.6 Å². The molecule has 0 aliphatic rings. The summed E-state index contributed by atoms with van der Waals surface area (Å²) in [5.41, 5.74) is 1.49. The zero-order valence-electron chi connectivity index (χ0n) is 12.5. The summed E-state index contributed by atoms with van der Waals surface area (Å²) in [5, 5.41) is 10.5. The van der Waals surface area contributed by atoms with E-state index in [4.69, 9.17) is 9.47 Å². The van der Waals surface area contributed by atoms with Crippen molar-refractivity contribution in [2.24, 2.45) is 0 Å². The Morgan fingerprint density at radius 3 is 2.61 bits per heavy atom. The van der Waals surface area contributed by atoms with Crippen LogP contribution in [0.1, 0.15) is 11.1 Å².